The smallest absolute Gasteiger partial charge is 0.256 e. The molecule has 0 aromatic carbocycles. The van der Waals surface area contributed by atoms with Gasteiger partial charge >= 0.3 is 0 Å². The zero-order valence-electron chi connectivity index (χ0n) is 9.38. The molecule has 0 aliphatic heterocycles. The monoisotopic (exact) mass is 241 g/mol. The maximum Gasteiger partial charge on any atom is 0.256 e. The van der Waals surface area contributed by atoms with Gasteiger partial charge in [0.25, 0.3) is 5.91 Å². The van der Waals surface area contributed by atoms with Crippen LogP contribution in [0.3, 0.4) is 0 Å². The fraction of sp³-hybridized carbons (Fsp3) is 0.583. The Bertz CT molecular complexity index is 380. The number of carbonyl (C=O) groups is 1. The summed E-state index contributed by atoms with van der Waals surface area (Å²) in [7, 11) is 0. The molecule has 0 radical (unpaired) electrons. The van der Waals surface area contributed by atoms with Crippen LogP contribution in [-0.2, 0) is 0 Å². The highest BCUT2D eigenvalue weighted by Gasteiger charge is 2.29. The summed E-state index contributed by atoms with van der Waals surface area (Å²) in [5, 5.41) is 3.22. The van der Waals surface area contributed by atoms with Gasteiger partial charge < -0.3 is 9.73 Å². The van der Waals surface area contributed by atoms with Crippen molar-refractivity contribution < 1.29 is 9.21 Å². The van der Waals surface area contributed by atoms with Crippen molar-refractivity contribution in [2.24, 2.45) is 0 Å². The van der Waals surface area contributed by atoms with Crippen molar-refractivity contribution in [3.05, 3.63) is 23.1 Å². The first-order valence-electron chi connectivity index (χ1n) is 5.66. The zero-order valence-corrected chi connectivity index (χ0v) is 10.1. The van der Waals surface area contributed by atoms with E-state index in [0.717, 1.165) is 12.8 Å². The normalized spacial score (nSPS) is 19.4. The number of hydrogen-bond acceptors (Lipinski definition) is 2. The summed E-state index contributed by atoms with van der Waals surface area (Å²) in [4.78, 5) is 11.9. The molecule has 0 unspecified atom stereocenters. The van der Waals surface area contributed by atoms with Crippen molar-refractivity contribution in [1.82, 2.24) is 5.32 Å². The van der Waals surface area contributed by atoms with Crippen LogP contribution >= 0.6 is 11.6 Å². The van der Waals surface area contributed by atoms with Crippen molar-refractivity contribution in [3.8, 4) is 0 Å². The van der Waals surface area contributed by atoms with Gasteiger partial charge in [0.15, 0.2) is 0 Å². The van der Waals surface area contributed by atoms with Gasteiger partial charge in [0.05, 0.1) is 11.8 Å². The Morgan fingerprint density at radius 3 is 2.69 bits per heavy atom. The minimum absolute atomic E-state index is 0.0874. The van der Waals surface area contributed by atoms with Crippen LogP contribution in [0.15, 0.2) is 16.7 Å². The third kappa shape index (κ3) is 2.40. The molecule has 0 atom stereocenters. The second-order valence-electron chi connectivity index (χ2n) is 4.68. The molecule has 0 saturated heterocycles. The number of rotatable bonds is 2. The molecule has 0 bridgehead atoms. The van der Waals surface area contributed by atoms with Crippen molar-refractivity contribution in [1.29, 1.82) is 0 Å². The minimum atomic E-state index is -0.136. The first-order valence-corrected chi connectivity index (χ1v) is 6.04. The highest BCUT2D eigenvalue weighted by Crippen LogP contribution is 2.28. The number of furan rings is 1. The standard InChI is InChI=1S/C12H16ClNO2/c1-12(6-3-2-4-7-12)14-11(15)9-5-8-16-10(9)13/h5,8H,2-4,6-7H2,1H3,(H,14,15). The fourth-order valence-electron chi connectivity index (χ4n) is 2.25. The van der Waals surface area contributed by atoms with Crippen LogP contribution in [0.1, 0.15) is 49.4 Å². The Morgan fingerprint density at radius 2 is 2.12 bits per heavy atom. The summed E-state index contributed by atoms with van der Waals surface area (Å²) in [5.41, 5.74) is 0.337. The Labute approximate surface area is 100 Å². The molecule has 16 heavy (non-hydrogen) atoms. The van der Waals surface area contributed by atoms with Crippen LogP contribution in [0.2, 0.25) is 5.22 Å². The molecule has 1 N–H and O–H groups in total. The van der Waals surface area contributed by atoms with Gasteiger partial charge in [0, 0.05) is 5.54 Å². The molecule has 1 aliphatic carbocycles. The lowest BCUT2D eigenvalue weighted by molar-refractivity contribution is 0.0882. The van der Waals surface area contributed by atoms with Crippen molar-refractivity contribution in [2.45, 2.75) is 44.6 Å². The van der Waals surface area contributed by atoms with Crippen molar-refractivity contribution in [2.75, 3.05) is 0 Å². The molecule has 1 aromatic heterocycles. The van der Waals surface area contributed by atoms with E-state index in [1.54, 1.807) is 6.07 Å². The lowest BCUT2D eigenvalue weighted by Gasteiger charge is -2.34. The van der Waals surface area contributed by atoms with Crippen molar-refractivity contribution in [3.63, 3.8) is 0 Å². The largest absolute Gasteiger partial charge is 0.452 e. The van der Waals surface area contributed by atoms with E-state index in [1.807, 2.05) is 0 Å². The van der Waals surface area contributed by atoms with Crippen LogP contribution in [0.5, 0.6) is 0 Å². The van der Waals surface area contributed by atoms with E-state index in [0.29, 0.717) is 5.56 Å². The highest BCUT2D eigenvalue weighted by atomic mass is 35.5. The summed E-state index contributed by atoms with van der Waals surface area (Å²) in [6, 6.07) is 1.60. The van der Waals surface area contributed by atoms with E-state index < -0.39 is 0 Å². The van der Waals surface area contributed by atoms with E-state index in [-0.39, 0.29) is 16.7 Å². The highest BCUT2D eigenvalue weighted by molar-refractivity contribution is 6.32. The number of halogens is 1. The molecule has 4 heteroatoms. The number of nitrogens with one attached hydrogen (secondary N) is 1. The topological polar surface area (TPSA) is 42.2 Å². The van der Waals surface area contributed by atoms with Crippen LogP contribution in [0.4, 0.5) is 0 Å². The summed E-state index contributed by atoms with van der Waals surface area (Å²) in [6.45, 7) is 2.10. The van der Waals surface area contributed by atoms with Gasteiger partial charge in [-0.25, -0.2) is 0 Å². The first-order chi connectivity index (χ1) is 7.61. The Morgan fingerprint density at radius 1 is 1.44 bits per heavy atom. The second-order valence-corrected chi connectivity index (χ2v) is 5.03. The molecule has 0 spiro atoms. The first kappa shape index (κ1) is 11.5. The number of hydrogen-bond donors (Lipinski definition) is 1. The molecule has 1 fully saturated rings. The fourth-order valence-corrected chi connectivity index (χ4v) is 2.45. The van der Waals surface area contributed by atoms with Gasteiger partial charge in [0.1, 0.15) is 0 Å². The van der Waals surface area contributed by atoms with E-state index in [9.17, 15) is 4.79 Å². The Balaban J connectivity index is 2.04. The van der Waals surface area contributed by atoms with Crippen LogP contribution in [-0.4, -0.2) is 11.4 Å². The molecular weight excluding hydrogens is 226 g/mol. The molecule has 88 valence electrons. The maximum absolute atomic E-state index is 11.9. The Hall–Kier alpha value is -0.960. The van der Waals surface area contributed by atoms with Gasteiger partial charge in [-0.3, -0.25) is 4.79 Å². The summed E-state index contributed by atoms with van der Waals surface area (Å²) in [5.74, 6) is -0.136. The quantitative estimate of drug-likeness (QED) is 0.863. The molecule has 2 rings (SSSR count). The predicted molar refractivity (Wildman–Crippen MR) is 62.7 cm³/mol. The number of amides is 1. The van der Waals surface area contributed by atoms with E-state index >= 15 is 0 Å². The minimum Gasteiger partial charge on any atom is -0.452 e. The lowest BCUT2D eigenvalue weighted by atomic mass is 9.83. The van der Waals surface area contributed by atoms with Crippen LogP contribution in [0.25, 0.3) is 0 Å². The summed E-state index contributed by atoms with van der Waals surface area (Å²) in [6.07, 6.45) is 7.12. The second kappa shape index (κ2) is 4.50. The molecule has 1 saturated carbocycles. The molecular formula is C12H16ClNO2. The van der Waals surface area contributed by atoms with E-state index in [4.69, 9.17) is 16.0 Å². The predicted octanol–water partition coefficient (Wildman–Crippen LogP) is 3.39. The third-order valence-electron chi connectivity index (χ3n) is 3.24. The van der Waals surface area contributed by atoms with Crippen LogP contribution < -0.4 is 5.32 Å². The molecule has 3 nitrogen and oxygen atoms in total. The van der Waals surface area contributed by atoms with Crippen molar-refractivity contribution >= 4 is 17.5 Å². The number of carbonyl (C=O) groups excluding carboxylic acids is 1. The molecule has 1 aliphatic rings. The van der Waals surface area contributed by atoms with E-state index in [2.05, 4.69) is 12.2 Å². The zero-order chi connectivity index (χ0) is 11.6. The van der Waals surface area contributed by atoms with Gasteiger partial charge in [-0.15, -0.1) is 0 Å². The van der Waals surface area contributed by atoms with Gasteiger partial charge in [0.2, 0.25) is 5.22 Å². The van der Waals surface area contributed by atoms with Crippen LogP contribution in [0, 0.1) is 0 Å². The Kier molecular flexibility index (Phi) is 3.24. The van der Waals surface area contributed by atoms with Gasteiger partial charge in [-0.05, 0) is 37.4 Å². The third-order valence-corrected chi connectivity index (χ3v) is 3.53. The summed E-state index contributed by atoms with van der Waals surface area (Å²) >= 11 is 5.77. The van der Waals surface area contributed by atoms with Gasteiger partial charge in [-0.2, -0.15) is 0 Å². The molecule has 1 aromatic rings. The average molecular weight is 242 g/mol. The molecule has 1 heterocycles. The average Bonchev–Trinajstić information content (AvgIpc) is 2.65. The summed E-state index contributed by atoms with van der Waals surface area (Å²) < 4.78 is 4.91. The SMILES string of the molecule is CC1(NC(=O)c2ccoc2Cl)CCCCC1. The van der Waals surface area contributed by atoms with Gasteiger partial charge in [-0.1, -0.05) is 19.3 Å². The lowest BCUT2D eigenvalue weighted by Crippen LogP contribution is -2.47. The maximum atomic E-state index is 11.9. The van der Waals surface area contributed by atoms with E-state index in [1.165, 1.54) is 25.5 Å². The molecule has 1 amide bonds.